The Morgan fingerprint density at radius 3 is 2.90 bits per heavy atom. The van der Waals surface area contributed by atoms with E-state index in [-0.39, 0.29) is 11.5 Å². The van der Waals surface area contributed by atoms with Crippen molar-refractivity contribution in [1.29, 1.82) is 0 Å². The third kappa shape index (κ3) is 2.18. The maximum atomic E-state index is 11.1. The summed E-state index contributed by atoms with van der Waals surface area (Å²) in [6, 6.07) is 9.96. The minimum Gasteiger partial charge on any atom is -0.504 e. The lowest BCUT2D eigenvalue weighted by atomic mass is 10.2. The molecule has 4 N–H and O–H groups in total. The minimum atomic E-state index is -0.497. The van der Waals surface area contributed by atoms with E-state index in [0.717, 1.165) is 5.69 Å². The van der Waals surface area contributed by atoms with Crippen LogP contribution in [0.2, 0.25) is 0 Å². The van der Waals surface area contributed by atoms with Gasteiger partial charge in [0.15, 0.2) is 17.1 Å². The van der Waals surface area contributed by atoms with Gasteiger partial charge < -0.3 is 19.9 Å². The second kappa shape index (κ2) is 4.65. The molecule has 0 spiro atoms. The number of aromatic nitrogens is 1. The summed E-state index contributed by atoms with van der Waals surface area (Å²) in [7, 11) is 0. The summed E-state index contributed by atoms with van der Waals surface area (Å²) in [4.78, 5) is 13.6. The number of hydrogen-bond acceptors (Lipinski definition) is 5. The first-order valence-corrected chi connectivity index (χ1v) is 6.00. The Kier molecular flexibility index (Phi) is 2.83. The van der Waals surface area contributed by atoms with E-state index in [9.17, 15) is 15.0 Å². The summed E-state index contributed by atoms with van der Waals surface area (Å²) in [6.07, 6.45) is 0. The van der Waals surface area contributed by atoms with Crippen LogP contribution >= 0.6 is 0 Å². The first-order valence-electron chi connectivity index (χ1n) is 6.00. The van der Waals surface area contributed by atoms with Gasteiger partial charge in [0.05, 0.1) is 5.52 Å². The number of aromatic hydroxyl groups is 2. The van der Waals surface area contributed by atoms with Gasteiger partial charge in [-0.2, -0.15) is 0 Å². The summed E-state index contributed by atoms with van der Waals surface area (Å²) < 4.78 is 4.91. The summed E-state index contributed by atoms with van der Waals surface area (Å²) in [5, 5.41) is 22.2. The number of aromatic amines is 1. The molecule has 6 nitrogen and oxygen atoms in total. The molecule has 0 atom stereocenters. The zero-order valence-corrected chi connectivity index (χ0v) is 10.4. The molecule has 0 aliphatic heterocycles. The highest BCUT2D eigenvalue weighted by molar-refractivity contribution is 5.76. The first kappa shape index (κ1) is 12.2. The summed E-state index contributed by atoms with van der Waals surface area (Å²) in [5.74, 6) is -0.792. The van der Waals surface area contributed by atoms with Crippen molar-refractivity contribution in [1.82, 2.24) is 4.98 Å². The molecular formula is C14H12N2O4. The first-order chi connectivity index (χ1) is 9.63. The van der Waals surface area contributed by atoms with Crippen molar-refractivity contribution in [3.8, 4) is 11.5 Å². The van der Waals surface area contributed by atoms with E-state index < -0.39 is 5.76 Å². The van der Waals surface area contributed by atoms with E-state index in [1.807, 2.05) is 0 Å². The van der Waals surface area contributed by atoms with Crippen molar-refractivity contribution in [3.63, 3.8) is 0 Å². The number of oxazole rings is 1. The van der Waals surface area contributed by atoms with Crippen LogP contribution in [0, 0.1) is 0 Å². The van der Waals surface area contributed by atoms with Crippen LogP contribution in [-0.4, -0.2) is 15.2 Å². The zero-order chi connectivity index (χ0) is 14.1. The lowest BCUT2D eigenvalue weighted by Gasteiger charge is -2.08. The minimum absolute atomic E-state index is 0.141. The van der Waals surface area contributed by atoms with Gasteiger partial charge in [-0.3, -0.25) is 4.98 Å². The fraction of sp³-hybridized carbons (Fsp3) is 0.0714. The SMILES string of the molecule is O=c1[nH]c2cc(NCc3cccc(O)c3O)ccc2o1. The van der Waals surface area contributed by atoms with Gasteiger partial charge >= 0.3 is 5.76 Å². The predicted octanol–water partition coefficient (Wildman–Crippen LogP) is 2.14. The van der Waals surface area contributed by atoms with Crippen LogP contribution in [0.15, 0.2) is 45.6 Å². The van der Waals surface area contributed by atoms with E-state index in [0.29, 0.717) is 23.2 Å². The number of phenolic OH excluding ortho intramolecular Hbond substituents is 2. The van der Waals surface area contributed by atoms with E-state index in [1.165, 1.54) is 6.07 Å². The molecule has 0 saturated heterocycles. The normalized spacial score (nSPS) is 10.8. The third-order valence-corrected chi connectivity index (χ3v) is 3.00. The molecule has 0 amide bonds. The van der Waals surface area contributed by atoms with E-state index in [2.05, 4.69) is 10.3 Å². The van der Waals surface area contributed by atoms with Crippen molar-refractivity contribution in [2.24, 2.45) is 0 Å². The monoisotopic (exact) mass is 272 g/mol. The summed E-state index contributed by atoms with van der Waals surface area (Å²) >= 11 is 0. The molecule has 3 rings (SSSR count). The number of para-hydroxylation sites is 1. The number of fused-ring (bicyclic) bond motifs is 1. The molecule has 20 heavy (non-hydrogen) atoms. The molecular weight excluding hydrogens is 260 g/mol. The van der Waals surface area contributed by atoms with Crippen LogP contribution in [-0.2, 0) is 6.54 Å². The number of nitrogens with one attached hydrogen (secondary N) is 2. The van der Waals surface area contributed by atoms with Crippen LogP contribution < -0.4 is 11.1 Å². The van der Waals surface area contributed by atoms with Gasteiger partial charge in [-0.05, 0) is 24.3 Å². The molecule has 3 aromatic rings. The molecule has 1 heterocycles. The average Bonchev–Trinajstić information content (AvgIpc) is 2.79. The lowest BCUT2D eigenvalue weighted by Crippen LogP contribution is -1.99. The van der Waals surface area contributed by atoms with Crippen molar-refractivity contribution >= 4 is 16.8 Å². The van der Waals surface area contributed by atoms with Crippen LogP contribution in [0.4, 0.5) is 5.69 Å². The fourth-order valence-corrected chi connectivity index (χ4v) is 1.98. The Bertz CT molecular complexity index is 819. The highest BCUT2D eigenvalue weighted by Gasteiger charge is 2.06. The Hall–Kier alpha value is -2.89. The van der Waals surface area contributed by atoms with Crippen molar-refractivity contribution in [2.75, 3.05) is 5.32 Å². The van der Waals surface area contributed by atoms with Gasteiger partial charge in [-0.25, -0.2) is 4.79 Å². The number of anilines is 1. The molecule has 1 aromatic heterocycles. The molecule has 102 valence electrons. The van der Waals surface area contributed by atoms with Gasteiger partial charge in [-0.15, -0.1) is 0 Å². The van der Waals surface area contributed by atoms with E-state index >= 15 is 0 Å². The molecule has 0 saturated carbocycles. The highest BCUT2D eigenvalue weighted by atomic mass is 16.4. The number of benzene rings is 2. The number of hydrogen-bond donors (Lipinski definition) is 4. The quantitative estimate of drug-likeness (QED) is 0.547. The predicted molar refractivity (Wildman–Crippen MR) is 73.9 cm³/mol. The third-order valence-electron chi connectivity index (χ3n) is 3.00. The number of H-pyrrole nitrogens is 1. The van der Waals surface area contributed by atoms with Crippen LogP contribution in [0.25, 0.3) is 11.1 Å². The van der Waals surface area contributed by atoms with E-state index in [4.69, 9.17) is 4.42 Å². The van der Waals surface area contributed by atoms with Gasteiger partial charge in [0.1, 0.15) is 0 Å². The molecule has 0 fully saturated rings. The Labute approximate surface area is 113 Å². The molecule has 2 aromatic carbocycles. The molecule has 0 bridgehead atoms. The Morgan fingerprint density at radius 1 is 1.20 bits per heavy atom. The van der Waals surface area contributed by atoms with Crippen molar-refractivity contribution < 1.29 is 14.6 Å². The Balaban J connectivity index is 1.82. The second-order valence-electron chi connectivity index (χ2n) is 4.36. The molecule has 0 unspecified atom stereocenters. The van der Waals surface area contributed by atoms with Crippen LogP contribution in [0.5, 0.6) is 11.5 Å². The lowest BCUT2D eigenvalue weighted by molar-refractivity contribution is 0.400. The summed E-state index contributed by atoms with van der Waals surface area (Å²) in [5.41, 5.74) is 2.42. The van der Waals surface area contributed by atoms with Gasteiger partial charge in [0.2, 0.25) is 0 Å². The van der Waals surface area contributed by atoms with Gasteiger partial charge in [0.25, 0.3) is 0 Å². The highest BCUT2D eigenvalue weighted by Crippen LogP contribution is 2.28. The number of phenols is 2. The second-order valence-corrected chi connectivity index (χ2v) is 4.36. The molecule has 0 aliphatic carbocycles. The van der Waals surface area contributed by atoms with Crippen molar-refractivity contribution in [2.45, 2.75) is 6.54 Å². The maximum Gasteiger partial charge on any atom is 0.417 e. The Morgan fingerprint density at radius 2 is 2.05 bits per heavy atom. The van der Waals surface area contributed by atoms with Crippen LogP contribution in [0.1, 0.15) is 5.56 Å². The van der Waals surface area contributed by atoms with E-state index in [1.54, 1.807) is 30.3 Å². The molecule has 0 radical (unpaired) electrons. The topological polar surface area (TPSA) is 98.5 Å². The van der Waals surface area contributed by atoms with Gasteiger partial charge in [0, 0.05) is 17.8 Å². The standard InChI is InChI=1S/C14H12N2O4/c17-11-3-1-2-8(13(11)18)7-15-9-4-5-12-10(6-9)16-14(19)20-12/h1-6,15,17-18H,7H2,(H,16,19). The molecule has 6 heteroatoms. The smallest absolute Gasteiger partial charge is 0.417 e. The summed E-state index contributed by atoms with van der Waals surface area (Å²) in [6.45, 7) is 0.341. The van der Waals surface area contributed by atoms with Gasteiger partial charge in [-0.1, -0.05) is 12.1 Å². The molecule has 0 aliphatic rings. The fourth-order valence-electron chi connectivity index (χ4n) is 1.98. The largest absolute Gasteiger partial charge is 0.504 e. The maximum absolute atomic E-state index is 11.1. The average molecular weight is 272 g/mol. The van der Waals surface area contributed by atoms with Crippen molar-refractivity contribution in [3.05, 3.63) is 52.5 Å². The van der Waals surface area contributed by atoms with Crippen LogP contribution in [0.3, 0.4) is 0 Å². The zero-order valence-electron chi connectivity index (χ0n) is 10.4. The number of rotatable bonds is 3.